The van der Waals surface area contributed by atoms with Crippen LogP contribution in [0.3, 0.4) is 0 Å². The molecule has 2 N–H and O–H groups in total. The summed E-state index contributed by atoms with van der Waals surface area (Å²) in [6.45, 7) is 4.60. The molecule has 1 saturated heterocycles. The van der Waals surface area contributed by atoms with Crippen molar-refractivity contribution in [2.24, 2.45) is 7.05 Å². The number of nitrogens with one attached hydrogen (secondary N) is 2. The number of aromatic amines is 1. The number of H-pyrrole nitrogens is 1. The molecule has 1 atom stereocenters. The number of aromatic nitrogens is 4. The number of ether oxygens (including phenoxy) is 1. The second kappa shape index (κ2) is 11.1. The first-order valence-electron chi connectivity index (χ1n) is 14.1. The van der Waals surface area contributed by atoms with Gasteiger partial charge in [-0.2, -0.15) is 5.10 Å². The molecule has 36 heavy (non-hydrogen) atoms. The highest BCUT2D eigenvalue weighted by Gasteiger charge is 2.23. The Labute approximate surface area is 217 Å². The summed E-state index contributed by atoms with van der Waals surface area (Å²) in [5, 5.41) is 4.10. The summed E-state index contributed by atoms with van der Waals surface area (Å²) >= 11 is 0. The number of benzene rings is 1. The third-order valence-electron chi connectivity index (χ3n) is 6.36. The highest BCUT2D eigenvalue weighted by molar-refractivity contribution is 7.89. The maximum absolute atomic E-state index is 13.2. The van der Waals surface area contributed by atoms with Gasteiger partial charge in [0, 0.05) is 25.1 Å². The van der Waals surface area contributed by atoms with Crippen LogP contribution in [0.25, 0.3) is 22.4 Å². The molecule has 0 radical (unpaired) electrons. The largest absolute Gasteiger partial charge is 0.493 e. The quantitative estimate of drug-likeness (QED) is 0.399. The van der Waals surface area contributed by atoms with E-state index in [9.17, 15) is 13.2 Å². The fourth-order valence-corrected chi connectivity index (χ4v) is 5.57. The molecular weight excluding hydrogens is 480 g/mol. The van der Waals surface area contributed by atoms with Crippen molar-refractivity contribution < 1.29 is 18.6 Å². The summed E-state index contributed by atoms with van der Waals surface area (Å²) in [6, 6.07) is 4.62. The molecule has 1 unspecified atom stereocenters. The Morgan fingerprint density at radius 1 is 1.31 bits per heavy atom. The molecule has 3 aromatic rings. The summed E-state index contributed by atoms with van der Waals surface area (Å²) in [6.07, 6.45) is -1.42. The summed E-state index contributed by atoms with van der Waals surface area (Å²) < 4.78 is 68.9. The van der Waals surface area contributed by atoms with Gasteiger partial charge in [-0.3, -0.25) is 9.48 Å². The van der Waals surface area contributed by atoms with Crippen LogP contribution >= 0.6 is 0 Å². The Morgan fingerprint density at radius 3 is 2.81 bits per heavy atom. The van der Waals surface area contributed by atoms with Crippen molar-refractivity contribution in [3.05, 3.63) is 34.2 Å². The van der Waals surface area contributed by atoms with E-state index in [0.717, 1.165) is 31.0 Å². The van der Waals surface area contributed by atoms with Crippen molar-refractivity contribution >= 4 is 21.1 Å². The maximum Gasteiger partial charge on any atom is 0.277 e. The lowest BCUT2D eigenvalue weighted by atomic mass is 10.1. The van der Waals surface area contributed by atoms with Crippen LogP contribution in [0.1, 0.15) is 57.1 Å². The lowest BCUT2D eigenvalue weighted by Gasteiger charge is -2.19. The molecule has 10 nitrogen and oxygen atoms in total. The molecule has 0 aliphatic carbocycles. The highest BCUT2D eigenvalue weighted by Crippen LogP contribution is 2.31. The zero-order chi connectivity index (χ0) is 29.5. The van der Waals surface area contributed by atoms with E-state index in [0.29, 0.717) is 25.5 Å². The third-order valence-corrected chi connectivity index (χ3v) is 7.81. The van der Waals surface area contributed by atoms with Crippen LogP contribution < -0.4 is 15.0 Å². The fraction of sp³-hybridized carbons (Fsp3) is 0.560. The van der Waals surface area contributed by atoms with Gasteiger partial charge in [0.05, 0.1) is 22.8 Å². The molecule has 1 fully saturated rings. The standard InChI is InChI=1S/C25H36N6O4S/c1-5-8-20-22-23(31(4)29-20)25(32)28-24(27-22)19-16-18(10-11-21(19)35-15-6-2)36(33,34)26-13-12-17-9-7-14-30(17)3/h10-11,16-17,26H,5-9,12-15H2,1-4H3,(H,27,28,32)/i5D2,8D2. The molecule has 0 amide bonds. The van der Waals surface area contributed by atoms with Crippen LogP contribution in [-0.4, -0.2) is 65.9 Å². The van der Waals surface area contributed by atoms with Gasteiger partial charge in [0.15, 0.2) is 5.52 Å². The second-order valence-electron chi connectivity index (χ2n) is 8.93. The first-order chi connectivity index (χ1) is 18.7. The Morgan fingerprint density at radius 2 is 2.11 bits per heavy atom. The number of rotatable bonds is 11. The van der Waals surface area contributed by atoms with Gasteiger partial charge in [0.2, 0.25) is 10.0 Å². The van der Waals surface area contributed by atoms with Crippen molar-refractivity contribution in [1.29, 1.82) is 0 Å². The molecule has 196 valence electrons. The summed E-state index contributed by atoms with van der Waals surface area (Å²) in [4.78, 5) is 22.4. The van der Waals surface area contributed by atoms with Crippen LogP contribution in [-0.2, 0) is 23.4 Å². The van der Waals surface area contributed by atoms with Crippen molar-refractivity contribution in [2.75, 3.05) is 26.7 Å². The molecular formula is C25H36N6O4S. The van der Waals surface area contributed by atoms with Gasteiger partial charge < -0.3 is 14.6 Å². The minimum absolute atomic E-state index is 0.0368. The number of aryl methyl sites for hydroxylation is 2. The fourth-order valence-electron chi connectivity index (χ4n) is 4.50. The second-order valence-corrected chi connectivity index (χ2v) is 10.7. The van der Waals surface area contributed by atoms with Gasteiger partial charge in [-0.05, 0) is 63.8 Å². The first kappa shape index (κ1) is 21.3. The van der Waals surface area contributed by atoms with E-state index in [2.05, 4.69) is 24.7 Å². The molecule has 4 rings (SSSR count). The monoisotopic (exact) mass is 520 g/mol. The van der Waals surface area contributed by atoms with Crippen molar-refractivity contribution in [3.63, 3.8) is 0 Å². The average molecular weight is 521 g/mol. The minimum Gasteiger partial charge on any atom is -0.493 e. The Bertz CT molecular complexity index is 1550. The van der Waals surface area contributed by atoms with Crippen LogP contribution in [0.2, 0.25) is 0 Å². The predicted molar refractivity (Wildman–Crippen MR) is 140 cm³/mol. The Balaban J connectivity index is 1.78. The molecule has 1 aliphatic rings. The van der Waals surface area contributed by atoms with E-state index in [1.807, 2.05) is 14.0 Å². The normalized spacial score (nSPS) is 19.2. The van der Waals surface area contributed by atoms with E-state index in [4.69, 9.17) is 10.2 Å². The number of likely N-dealkylation sites (tertiary alicyclic amines) is 1. The molecule has 2 aromatic heterocycles. The third kappa shape index (κ3) is 5.47. The van der Waals surface area contributed by atoms with E-state index in [1.165, 1.54) is 25.2 Å². The van der Waals surface area contributed by atoms with Gasteiger partial charge in [-0.1, -0.05) is 20.2 Å². The zero-order valence-electron chi connectivity index (χ0n) is 25.1. The van der Waals surface area contributed by atoms with E-state index in [-0.39, 0.29) is 45.3 Å². The van der Waals surface area contributed by atoms with Gasteiger partial charge in [-0.15, -0.1) is 0 Å². The van der Waals surface area contributed by atoms with Crippen LogP contribution in [0.5, 0.6) is 5.75 Å². The topological polar surface area (TPSA) is 122 Å². The van der Waals surface area contributed by atoms with Crippen molar-refractivity contribution in [1.82, 2.24) is 29.4 Å². The molecule has 0 saturated carbocycles. The number of hydrogen-bond donors (Lipinski definition) is 2. The molecule has 3 heterocycles. The molecule has 0 bridgehead atoms. The summed E-state index contributed by atoms with van der Waals surface area (Å²) in [7, 11) is -0.427. The van der Waals surface area contributed by atoms with Gasteiger partial charge in [0.1, 0.15) is 17.1 Å². The lowest BCUT2D eigenvalue weighted by Crippen LogP contribution is -2.31. The van der Waals surface area contributed by atoms with Gasteiger partial charge in [0.25, 0.3) is 5.56 Å². The minimum atomic E-state index is -3.91. The van der Waals surface area contributed by atoms with Crippen molar-refractivity contribution in [2.45, 2.75) is 63.2 Å². The highest BCUT2D eigenvalue weighted by atomic mass is 32.2. The SMILES string of the molecule is [2H]C([2H])(C)C([2H])([2H])c1nn(C)c2c(=O)[nH]c(-c3cc(S(=O)(=O)NCCC4CCCN4C)ccc3OCCC)nc12. The van der Waals surface area contributed by atoms with Crippen LogP contribution in [0, 0.1) is 0 Å². The van der Waals surface area contributed by atoms with Gasteiger partial charge in [-0.25, -0.2) is 18.1 Å². The molecule has 1 aliphatic heterocycles. The number of fused-ring (bicyclic) bond motifs is 1. The van der Waals surface area contributed by atoms with E-state index < -0.39 is 28.3 Å². The molecule has 1 aromatic carbocycles. The number of nitrogens with zero attached hydrogens (tertiary/aromatic N) is 4. The zero-order valence-corrected chi connectivity index (χ0v) is 21.9. The van der Waals surface area contributed by atoms with E-state index in [1.54, 1.807) is 0 Å². The molecule has 11 heteroatoms. The van der Waals surface area contributed by atoms with Crippen LogP contribution in [0.4, 0.5) is 0 Å². The summed E-state index contributed by atoms with van der Waals surface area (Å²) in [5.41, 5.74) is -0.929. The molecule has 0 spiro atoms. The number of sulfonamides is 1. The van der Waals surface area contributed by atoms with Crippen molar-refractivity contribution in [3.8, 4) is 17.1 Å². The van der Waals surface area contributed by atoms with Crippen LogP contribution in [0.15, 0.2) is 27.9 Å². The number of hydrogen-bond acceptors (Lipinski definition) is 7. The first-order valence-corrected chi connectivity index (χ1v) is 13.6. The Hall–Kier alpha value is -2.76. The maximum atomic E-state index is 13.2. The summed E-state index contributed by atoms with van der Waals surface area (Å²) in [5.74, 6) is 0.241. The lowest BCUT2D eigenvalue weighted by molar-refractivity contribution is 0.297. The van der Waals surface area contributed by atoms with E-state index >= 15 is 0 Å². The average Bonchev–Trinajstić information content (AvgIpc) is 3.44. The van der Waals surface area contributed by atoms with Gasteiger partial charge >= 0.3 is 0 Å². The smallest absolute Gasteiger partial charge is 0.277 e. The predicted octanol–water partition coefficient (Wildman–Crippen LogP) is 2.83. The Kier molecular flexibility index (Phi) is 6.58.